The van der Waals surface area contributed by atoms with Crippen LogP contribution in [0, 0.1) is 0 Å². The summed E-state index contributed by atoms with van der Waals surface area (Å²) in [6.45, 7) is -0.414. The summed E-state index contributed by atoms with van der Waals surface area (Å²) in [6.07, 6.45) is -3.76. The van der Waals surface area contributed by atoms with Crippen molar-refractivity contribution in [2.75, 3.05) is 19.8 Å². The fourth-order valence-electron chi connectivity index (χ4n) is 1.37. The van der Waals surface area contributed by atoms with Crippen LogP contribution in [-0.2, 0) is 4.74 Å². The number of ketones is 1. The third kappa shape index (κ3) is 4.80. The number of carbonyl (C=O) groups excluding carboxylic acids is 1. The first-order valence-electron chi connectivity index (χ1n) is 5.81. The molecule has 0 saturated carbocycles. The van der Waals surface area contributed by atoms with Gasteiger partial charge in [0.15, 0.2) is 5.78 Å². The normalized spacial score (nSPS) is 11.7. The lowest BCUT2D eigenvalue weighted by molar-refractivity contribution is -0.166. The summed E-state index contributed by atoms with van der Waals surface area (Å²) >= 11 is 0. The number of rotatable bonds is 8. The van der Waals surface area contributed by atoms with Crippen LogP contribution in [0.5, 0.6) is 5.75 Å². The molecule has 1 aromatic carbocycles. The highest BCUT2D eigenvalue weighted by atomic mass is 19.3. The molecule has 0 aliphatic rings. The predicted molar refractivity (Wildman–Crippen MR) is 63.7 cm³/mol. The summed E-state index contributed by atoms with van der Waals surface area (Å²) in [5.74, 6) is -4.08. The first kappa shape index (κ1) is 16.4. The molecule has 7 heteroatoms. The van der Waals surface area contributed by atoms with E-state index in [9.17, 15) is 22.4 Å². The van der Waals surface area contributed by atoms with Gasteiger partial charge in [-0.2, -0.15) is 8.78 Å². The van der Waals surface area contributed by atoms with Crippen LogP contribution >= 0.6 is 0 Å². The first-order chi connectivity index (χ1) is 9.34. The van der Waals surface area contributed by atoms with E-state index in [1.165, 1.54) is 6.92 Å². The number of carbonyl (C=O) groups is 1. The summed E-state index contributed by atoms with van der Waals surface area (Å²) < 4.78 is 58.3. The van der Waals surface area contributed by atoms with Crippen LogP contribution in [0.1, 0.15) is 17.3 Å². The van der Waals surface area contributed by atoms with Crippen LogP contribution in [0.4, 0.5) is 17.6 Å². The third-order valence-corrected chi connectivity index (χ3v) is 2.37. The number of hydrogen-bond donors (Lipinski definition) is 0. The second-order valence-corrected chi connectivity index (χ2v) is 4.02. The van der Waals surface area contributed by atoms with Crippen LogP contribution in [0.3, 0.4) is 0 Å². The average molecular weight is 294 g/mol. The summed E-state index contributed by atoms with van der Waals surface area (Å²) in [5.41, 5.74) is 0.352. The van der Waals surface area contributed by atoms with Gasteiger partial charge in [-0.1, -0.05) is 12.1 Å². The van der Waals surface area contributed by atoms with Crippen LogP contribution in [-0.4, -0.2) is 38.0 Å². The lowest BCUT2D eigenvalue weighted by Crippen LogP contribution is -2.33. The molecule has 1 rings (SSSR count). The quantitative estimate of drug-likeness (QED) is 0.419. The Morgan fingerprint density at radius 2 is 1.90 bits per heavy atom. The molecular formula is C13H14F4O3. The second-order valence-electron chi connectivity index (χ2n) is 4.02. The number of para-hydroxylation sites is 1. The molecule has 1 aromatic rings. The van der Waals surface area contributed by atoms with Gasteiger partial charge in [-0.25, -0.2) is 8.78 Å². The second kappa shape index (κ2) is 7.23. The molecule has 0 unspecified atom stereocenters. The zero-order valence-corrected chi connectivity index (χ0v) is 10.7. The van der Waals surface area contributed by atoms with Crippen molar-refractivity contribution >= 4 is 5.78 Å². The van der Waals surface area contributed by atoms with Crippen molar-refractivity contribution in [3.63, 3.8) is 0 Å². The molecule has 0 amide bonds. The monoisotopic (exact) mass is 294 g/mol. The van der Waals surface area contributed by atoms with Gasteiger partial charge in [-0.05, 0) is 19.1 Å². The minimum absolute atomic E-state index is 0.121. The Bertz CT molecular complexity index is 449. The van der Waals surface area contributed by atoms with Gasteiger partial charge in [0.1, 0.15) is 19.0 Å². The number of hydrogen-bond acceptors (Lipinski definition) is 3. The molecule has 0 aliphatic heterocycles. The number of Topliss-reactive ketones (excluding diaryl/α,β-unsaturated/α-hetero) is 1. The van der Waals surface area contributed by atoms with Crippen molar-refractivity contribution in [1.82, 2.24) is 0 Å². The molecule has 20 heavy (non-hydrogen) atoms. The Morgan fingerprint density at radius 1 is 1.25 bits per heavy atom. The van der Waals surface area contributed by atoms with Crippen LogP contribution in [0.2, 0.25) is 0 Å². The summed E-state index contributed by atoms with van der Waals surface area (Å²) in [5, 5.41) is 0. The van der Waals surface area contributed by atoms with Crippen LogP contribution < -0.4 is 4.74 Å². The van der Waals surface area contributed by atoms with E-state index in [4.69, 9.17) is 4.74 Å². The molecule has 0 aromatic heterocycles. The minimum Gasteiger partial charge on any atom is -0.490 e. The number of alkyl halides is 4. The lowest BCUT2D eigenvalue weighted by atomic mass is 10.1. The minimum atomic E-state index is -4.17. The maximum absolute atomic E-state index is 12.5. The topological polar surface area (TPSA) is 35.5 Å². The average Bonchev–Trinajstić information content (AvgIpc) is 2.38. The fourth-order valence-corrected chi connectivity index (χ4v) is 1.37. The predicted octanol–water partition coefficient (Wildman–Crippen LogP) is 3.19. The van der Waals surface area contributed by atoms with Gasteiger partial charge in [0, 0.05) is 0 Å². The Morgan fingerprint density at radius 3 is 2.50 bits per heavy atom. The van der Waals surface area contributed by atoms with Gasteiger partial charge in [0.2, 0.25) is 0 Å². The van der Waals surface area contributed by atoms with Gasteiger partial charge in [-0.15, -0.1) is 0 Å². The molecule has 0 fully saturated rings. The maximum atomic E-state index is 12.5. The molecule has 0 heterocycles. The standard InChI is InChI=1S/C13H14F4O3/c1-9(18)10-4-2-3-5-11(10)20-7-6-19-8-13(16,17)12(14)15/h2-5,12H,6-8H2,1H3. The van der Waals surface area contributed by atoms with Crippen molar-refractivity contribution in [2.45, 2.75) is 19.3 Å². The van der Waals surface area contributed by atoms with E-state index in [-0.39, 0.29) is 19.0 Å². The Kier molecular flexibility index (Phi) is 5.94. The molecule has 0 spiro atoms. The van der Waals surface area contributed by atoms with Crippen molar-refractivity contribution in [3.05, 3.63) is 29.8 Å². The SMILES string of the molecule is CC(=O)c1ccccc1OCCOCC(F)(F)C(F)F. The summed E-state index contributed by atoms with van der Waals surface area (Å²) in [4.78, 5) is 11.3. The van der Waals surface area contributed by atoms with E-state index >= 15 is 0 Å². The molecule has 3 nitrogen and oxygen atoms in total. The van der Waals surface area contributed by atoms with E-state index in [0.29, 0.717) is 11.3 Å². The number of ether oxygens (including phenoxy) is 2. The largest absolute Gasteiger partial charge is 0.490 e. The number of halogens is 4. The molecule has 112 valence electrons. The number of benzene rings is 1. The highest BCUT2D eigenvalue weighted by molar-refractivity contribution is 5.96. The van der Waals surface area contributed by atoms with Crippen molar-refractivity contribution in [1.29, 1.82) is 0 Å². The highest BCUT2D eigenvalue weighted by Gasteiger charge is 2.40. The van der Waals surface area contributed by atoms with E-state index in [1.54, 1.807) is 24.3 Å². The maximum Gasteiger partial charge on any atom is 0.330 e. The van der Waals surface area contributed by atoms with Gasteiger partial charge >= 0.3 is 12.3 Å². The van der Waals surface area contributed by atoms with Gasteiger partial charge < -0.3 is 9.47 Å². The molecule has 0 saturated heterocycles. The van der Waals surface area contributed by atoms with E-state index < -0.39 is 19.0 Å². The van der Waals surface area contributed by atoms with E-state index in [1.807, 2.05) is 0 Å². The Hall–Kier alpha value is -1.63. The summed E-state index contributed by atoms with van der Waals surface area (Å²) in [7, 11) is 0. The van der Waals surface area contributed by atoms with Crippen molar-refractivity contribution in [2.24, 2.45) is 0 Å². The highest BCUT2D eigenvalue weighted by Crippen LogP contribution is 2.23. The van der Waals surface area contributed by atoms with Gasteiger partial charge in [-0.3, -0.25) is 4.79 Å². The Labute approximate surface area is 113 Å². The molecule has 0 N–H and O–H groups in total. The van der Waals surface area contributed by atoms with Gasteiger partial charge in [0.05, 0.1) is 12.2 Å². The zero-order chi connectivity index (χ0) is 15.2. The molecule has 0 atom stereocenters. The molecule has 0 radical (unpaired) electrons. The van der Waals surface area contributed by atoms with E-state index in [0.717, 1.165) is 0 Å². The third-order valence-electron chi connectivity index (χ3n) is 2.37. The van der Waals surface area contributed by atoms with Crippen LogP contribution in [0.15, 0.2) is 24.3 Å². The first-order valence-corrected chi connectivity index (χ1v) is 5.81. The molecule has 0 bridgehead atoms. The Balaban J connectivity index is 2.37. The summed E-state index contributed by atoms with van der Waals surface area (Å²) in [6, 6.07) is 6.41. The molecular weight excluding hydrogens is 280 g/mol. The van der Waals surface area contributed by atoms with E-state index in [2.05, 4.69) is 4.74 Å². The smallest absolute Gasteiger partial charge is 0.330 e. The van der Waals surface area contributed by atoms with Gasteiger partial charge in [0.25, 0.3) is 0 Å². The fraction of sp³-hybridized carbons (Fsp3) is 0.462. The van der Waals surface area contributed by atoms with Crippen LogP contribution in [0.25, 0.3) is 0 Å². The van der Waals surface area contributed by atoms with Crippen molar-refractivity contribution < 1.29 is 31.8 Å². The zero-order valence-electron chi connectivity index (χ0n) is 10.7. The lowest BCUT2D eigenvalue weighted by Gasteiger charge is -2.15. The van der Waals surface area contributed by atoms with Crippen molar-refractivity contribution in [3.8, 4) is 5.75 Å². The molecule has 0 aliphatic carbocycles.